The highest BCUT2D eigenvalue weighted by atomic mass is 16.5. The maximum atomic E-state index is 11.7. The smallest absolute Gasteiger partial charge is 0.298 e. The number of rotatable bonds is 4. The van der Waals surface area contributed by atoms with Crippen molar-refractivity contribution in [2.24, 2.45) is 17.3 Å². The van der Waals surface area contributed by atoms with E-state index in [-0.39, 0.29) is 23.1 Å². The molecule has 0 aliphatic heterocycles. The van der Waals surface area contributed by atoms with E-state index in [2.05, 4.69) is 30.5 Å². The van der Waals surface area contributed by atoms with Crippen molar-refractivity contribution in [3.8, 4) is 5.88 Å². The standard InChI is InChI=1S/C8H11N7O2/c1-3-17-6-5(7(16)15(2)14-6)11-13-8-9-4-10-12-8/h4,14H,3H2,1-2H3,(H,9,10,12)/b13-11+. The van der Waals surface area contributed by atoms with Gasteiger partial charge in [0.25, 0.3) is 11.5 Å². The van der Waals surface area contributed by atoms with E-state index in [4.69, 9.17) is 4.74 Å². The van der Waals surface area contributed by atoms with Gasteiger partial charge in [-0.05, 0) is 6.92 Å². The summed E-state index contributed by atoms with van der Waals surface area (Å²) in [7, 11) is 1.57. The molecule has 2 rings (SSSR count). The average molecular weight is 237 g/mol. The van der Waals surface area contributed by atoms with E-state index in [0.717, 1.165) is 0 Å². The van der Waals surface area contributed by atoms with Crippen molar-refractivity contribution < 1.29 is 4.74 Å². The summed E-state index contributed by atoms with van der Waals surface area (Å²) in [6.45, 7) is 2.23. The zero-order valence-corrected chi connectivity index (χ0v) is 9.34. The summed E-state index contributed by atoms with van der Waals surface area (Å²) in [5.74, 6) is 0.499. The maximum absolute atomic E-state index is 11.7. The first-order valence-electron chi connectivity index (χ1n) is 4.92. The van der Waals surface area contributed by atoms with Crippen LogP contribution < -0.4 is 10.3 Å². The highest BCUT2D eigenvalue weighted by Crippen LogP contribution is 2.21. The Labute approximate surface area is 95.5 Å². The van der Waals surface area contributed by atoms with Gasteiger partial charge in [-0.25, -0.2) is 0 Å². The second-order valence-electron chi connectivity index (χ2n) is 3.10. The van der Waals surface area contributed by atoms with Gasteiger partial charge in [0.05, 0.1) is 6.61 Å². The predicted molar refractivity (Wildman–Crippen MR) is 57.8 cm³/mol. The zero-order valence-electron chi connectivity index (χ0n) is 9.34. The van der Waals surface area contributed by atoms with E-state index < -0.39 is 0 Å². The van der Waals surface area contributed by atoms with Gasteiger partial charge < -0.3 is 9.72 Å². The number of nitrogens with one attached hydrogen (secondary N) is 2. The second-order valence-corrected chi connectivity index (χ2v) is 3.10. The number of hydrogen-bond donors (Lipinski definition) is 2. The average Bonchev–Trinajstić information content (AvgIpc) is 2.89. The number of nitrogens with zero attached hydrogens (tertiary/aromatic N) is 5. The summed E-state index contributed by atoms with van der Waals surface area (Å²) in [6, 6.07) is 0. The van der Waals surface area contributed by atoms with E-state index in [0.29, 0.717) is 6.61 Å². The van der Waals surface area contributed by atoms with Crippen LogP contribution in [-0.4, -0.2) is 31.6 Å². The van der Waals surface area contributed by atoms with Crippen LogP contribution in [0.1, 0.15) is 6.92 Å². The van der Waals surface area contributed by atoms with Crippen LogP contribution in [0.25, 0.3) is 0 Å². The Balaban J connectivity index is 2.34. The number of hydrogen-bond acceptors (Lipinski definition) is 6. The van der Waals surface area contributed by atoms with Gasteiger partial charge in [-0.2, -0.15) is 0 Å². The van der Waals surface area contributed by atoms with Gasteiger partial charge >= 0.3 is 0 Å². The Morgan fingerprint density at radius 2 is 2.35 bits per heavy atom. The molecular formula is C8H11N7O2. The first-order valence-corrected chi connectivity index (χ1v) is 4.92. The molecule has 2 heterocycles. The van der Waals surface area contributed by atoms with E-state index in [1.54, 1.807) is 7.05 Å². The van der Waals surface area contributed by atoms with Crippen LogP contribution in [-0.2, 0) is 7.05 Å². The van der Waals surface area contributed by atoms with Crippen molar-refractivity contribution >= 4 is 11.6 Å². The number of aromatic amines is 2. The highest BCUT2D eigenvalue weighted by Gasteiger charge is 2.13. The van der Waals surface area contributed by atoms with Gasteiger partial charge in [0.1, 0.15) is 6.33 Å². The lowest BCUT2D eigenvalue weighted by atomic mass is 10.5. The molecule has 0 amide bonds. The number of aromatic nitrogens is 5. The van der Waals surface area contributed by atoms with Crippen LogP contribution >= 0.6 is 0 Å². The van der Waals surface area contributed by atoms with Crippen molar-refractivity contribution in [2.45, 2.75) is 6.92 Å². The van der Waals surface area contributed by atoms with E-state index in [1.807, 2.05) is 6.92 Å². The molecule has 0 aliphatic carbocycles. The van der Waals surface area contributed by atoms with Gasteiger partial charge in [0.2, 0.25) is 11.6 Å². The molecule has 0 atom stereocenters. The Hall–Kier alpha value is -2.45. The van der Waals surface area contributed by atoms with Crippen molar-refractivity contribution in [1.29, 1.82) is 0 Å². The molecular weight excluding hydrogens is 226 g/mol. The molecule has 2 aromatic rings. The molecule has 9 nitrogen and oxygen atoms in total. The van der Waals surface area contributed by atoms with Gasteiger partial charge in [0, 0.05) is 7.05 Å². The highest BCUT2D eigenvalue weighted by molar-refractivity contribution is 5.44. The van der Waals surface area contributed by atoms with E-state index >= 15 is 0 Å². The number of ether oxygens (including phenoxy) is 1. The van der Waals surface area contributed by atoms with Crippen LogP contribution in [0.3, 0.4) is 0 Å². The summed E-state index contributed by atoms with van der Waals surface area (Å²) in [5, 5.41) is 17.4. The minimum atomic E-state index is -0.322. The Bertz CT molecular complexity index is 565. The zero-order chi connectivity index (χ0) is 12.3. The quantitative estimate of drug-likeness (QED) is 0.759. The fraction of sp³-hybridized carbons (Fsp3) is 0.375. The molecule has 0 fully saturated rings. The molecule has 0 spiro atoms. The molecule has 0 bridgehead atoms. The lowest BCUT2D eigenvalue weighted by Crippen LogP contribution is -2.10. The number of H-pyrrole nitrogens is 2. The molecule has 0 aromatic carbocycles. The van der Waals surface area contributed by atoms with Crippen molar-refractivity contribution in [3.63, 3.8) is 0 Å². The molecule has 0 saturated carbocycles. The Morgan fingerprint density at radius 3 is 3.00 bits per heavy atom. The van der Waals surface area contributed by atoms with Crippen molar-refractivity contribution in [1.82, 2.24) is 25.0 Å². The van der Waals surface area contributed by atoms with Crippen LogP contribution in [0, 0.1) is 0 Å². The third kappa shape index (κ3) is 2.22. The molecule has 2 aromatic heterocycles. The summed E-state index contributed by atoms with van der Waals surface area (Å²) in [4.78, 5) is 14.3. The van der Waals surface area contributed by atoms with Crippen molar-refractivity contribution in [2.75, 3.05) is 6.61 Å². The molecule has 0 radical (unpaired) electrons. The van der Waals surface area contributed by atoms with Gasteiger partial charge in [-0.1, -0.05) is 0 Å². The third-order valence-corrected chi connectivity index (χ3v) is 1.93. The van der Waals surface area contributed by atoms with Gasteiger partial charge in [-0.3, -0.25) is 14.6 Å². The van der Waals surface area contributed by atoms with Gasteiger partial charge in [0.15, 0.2) is 0 Å². The Morgan fingerprint density at radius 1 is 1.53 bits per heavy atom. The molecule has 2 N–H and O–H groups in total. The molecule has 9 heteroatoms. The first kappa shape index (κ1) is 11.0. The van der Waals surface area contributed by atoms with E-state index in [1.165, 1.54) is 11.0 Å². The minimum Gasteiger partial charge on any atom is -0.477 e. The molecule has 90 valence electrons. The van der Waals surface area contributed by atoms with Gasteiger partial charge in [-0.15, -0.1) is 20.4 Å². The lowest BCUT2D eigenvalue weighted by molar-refractivity contribution is 0.324. The number of azo groups is 1. The summed E-state index contributed by atoms with van der Waals surface area (Å²) in [5.41, 5.74) is -0.220. The molecule has 0 unspecified atom stereocenters. The predicted octanol–water partition coefficient (Wildman–Crippen LogP) is 0.646. The summed E-state index contributed by atoms with van der Waals surface area (Å²) < 4.78 is 6.50. The maximum Gasteiger partial charge on any atom is 0.298 e. The topological polar surface area (TPSA) is 113 Å². The van der Waals surface area contributed by atoms with Crippen molar-refractivity contribution in [3.05, 3.63) is 16.7 Å². The number of aryl methyl sites for hydroxylation is 1. The van der Waals surface area contributed by atoms with Crippen LogP contribution in [0.15, 0.2) is 21.4 Å². The normalized spacial score (nSPS) is 11.2. The summed E-state index contributed by atoms with van der Waals surface area (Å²) in [6.07, 6.45) is 1.37. The fourth-order valence-corrected chi connectivity index (χ4v) is 1.19. The molecule has 0 saturated heterocycles. The monoisotopic (exact) mass is 237 g/mol. The Kier molecular flexibility index (Phi) is 2.99. The van der Waals surface area contributed by atoms with Crippen LogP contribution in [0.5, 0.6) is 5.88 Å². The van der Waals surface area contributed by atoms with Crippen LogP contribution in [0.4, 0.5) is 11.6 Å². The van der Waals surface area contributed by atoms with E-state index in [9.17, 15) is 4.79 Å². The molecule has 0 aliphatic rings. The largest absolute Gasteiger partial charge is 0.477 e. The van der Waals surface area contributed by atoms with Crippen LogP contribution in [0.2, 0.25) is 0 Å². The second kappa shape index (κ2) is 4.60. The fourth-order valence-electron chi connectivity index (χ4n) is 1.19. The lowest BCUT2D eigenvalue weighted by Gasteiger charge is -1.97. The third-order valence-electron chi connectivity index (χ3n) is 1.93. The molecule has 17 heavy (non-hydrogen) atoms. The minimum absolute atomic E-state index is 0.103. The SMILES string of the molecule is CCOc1[nH]n(C)c(=O)c1/N=N/c1nnc[nH]1. The summed E-state index contributed by atoms with van der Waals surface area (Å²) >= 11 is 0. The first-order chi connectivity index (χ1) is 8.22.